The lowest BCUT2D eigenvalue weighted by atomic mass is 10.2. The molecule has 0 spiro atoms. The molecule has 29 heavy (non-hydrogen) atoms. The zero-order chi connectivity index (χ0) is 21.7. The van der Waals surface area contributed by atoms with Crippen LogP contribution in [0.25, 0.3) is 0 Å². The molecule has 0 fully saturated rings. The Bertz CT molecular complexity index is 1150. The SMILES string of the molecule is CCC[C@@H](C[S@](=O)(=NS(=O)(=O)c1ccc(C)cc1)c1ccccc1)OS(C)(=O)=O. The average molecular weight is 460 g/mol. The number of hydrogen-bond donors (Lipinski definition) is 0. The van der Waals surface area contributed by atoms with Gasteiger partial charge in [-0.1, -0.05) is 49.2 Å². The van der Waals surface area contributed by atoms with Gasteiger partial charge in [0.05, 0.1) is 32.7 Å². The van der Waals surface area contributed by atoms with E-state index in [1.165, 1.54) is 24.3 Å². The van der Waals surface area contributed by atoms with Crippen LogP contribution in [-0.2, 0) is 34.1 Å². The molecule has 0 saturated heterocycles. The predicted octanol–water partition coefficient (Wildman–Crippen LogP) is 3.36. The molecule has 2 aromatic rings. The number of benzene rings is 2. The Balaban J connectivity index is 2.61. The van der Waals surface area contributed by atoms with E-state index in [1.807, 2.05) is 13.8 Å². The summed E-state index contributed by atoms with van der Waals surface area (Å²) in [5.41, 5.74) is 0.873. The fraction of sp³-hybridized carbons (Fsp3) is 0.368. The van der Waals surface area contributed by atoms with Crippen LogP contribution in [-0.4, -0.2) is 39.2 Å². The van der Waals surface area contributed by atoms with E-state index in [-0.39, 0.29) is 22.0 Å². The van der Waals surface area contributed by atoms with Gasteiger partial charge in [-0.15, -0.1) is 3.77 Å². The zero-order valence-corrected chi connectivity index (χ0v) is 19.0. The maximum absolute atomic E-state index is 13.8. The molecular weight excluding hydrogens is 434 g/mol. The second kappa shape index (κ2) is 9.38. The van der Waals surface area contributed by atoms with Crippen molar-refractivity contribution < 1.29 is 25.2 Å². The predicted molar refractivity (Wildman–Crippen MR) is 113 cm³/mol. The van der Waals surface area contributed by atoms with E-state index in [2.05, 4.69) is 3.77 Å². The summed E-state index contributed by atoms with van der Waals surface area (Å²) in [4.78, 5) is 0.122. The van der Waals surface area contributed by atoms with Crippen LogP contribution in [0.15, 0.2) is 68.2 Å². The van der Waals surface area contributed by atoms with Crippen molar-refractivity contribution >= 4 is 29.9 Å². The van der Waals surface area contributed by atoms with Crippen LogP contribution in [0.4, 0.5) is 0 Å². The lowest BCUT2D eigenvalue weighted by molar-refractivity contribution is 0.222. The minimum Gasteiger partial charge on any atom is -0.266 e. The van der Waals surface area contributed by atoms with Crippen LogP contribution in [0.5, 0.6) is 0 Å². The third-order valence-corrected chi connectivity index (χ3v) is 9.05. The lowest BCUT2D eigenvalue weighted by Crippen LogP contribution is -2.27. The molecule has 2 aromatic carbocycles. The Hall–Kier alpha value is -1.75. The summed E-state index contributed by atoms with van der Waals surface area (Å²) in [5, 5.41) is 0. The van der Waals surface area contributed by atoms with E-state index >= 15 is 0 Å². The molecule has 160 valence electrons. The first-order valence-corrected chi connectivity index (χ1v) is 13.9. The standard InChI is InChI=1S/C19H25NO6S3/c1-4-8-17(26-27(3,21)22)15-28(23,18-9-6-5-7-10-18)20-29(24,25)19-13-11-16(2)12-14-19/h5-7,9-14,17H,4,8,15H2,1-3H3/t17-,28+/m0/s1. The quantitative estimate of drug-likeness (QED) is 0.532. The molecule has 2 rings (SSSR count). The summed E-state index contributed by atoms with van der Waals surface area (Å²) in [6.07, 6.45) is 0.798. The Morgan fingerprint density at radius 1 is 0.897 bits per heavy atom. The van der Waals surface area contributed by atoms with Gasteiger partial charge in [0.25, 0.3) is 20.1 Å². The van der Waals surface area contributed by atoms with Gasteiger partial charge >= 0.3 is 0 Å². The number of rotatable bonds is 9. The van der Waals surface area contributed by atoms with Gasteiger partial charge in [-0.25, -0.2) is 4.21 Å². The van der Waals surface area contributed by atoms with Crippen LogP contribution < -0.4 is 0 Å². The van der Waals surface area contributed by atoms with Crippen molar-refractivity contribution in [3.05, 3.63) is 60.2 Å². The maximum Gasteiger partial charge on any atom is 0.290 e. The minimum atomic E-state index is -4.24. The normalized spacial score (nSPS) is 15.4. The number of aryl methyl sites for hydroxylation is 1. The molecule has 0 aliphatic carbocycles. The monoisotopic (exact) mass is 459 g/mol. The second-order valence-electron chi connectivity index (χ2n) is 6.69. The Morgan fingerprint density at radius 2 is 1.48 bits per heavy atom. The number of sulfonamides is 1. The molecule has 0 unspecified atom stereocenters. The van der Waals surface area contributed by atoms with E-state index in [1.54, 1.807) is 30.3 Å². The van der Waals surface area contributed by atoms with E-state index < -0.39 is 36.0 Å². The van der Waals surface area contributed by atoms with Crippen molar-refractivity contribution in [3.63, 3.8) is 0 Å². The summed E-state index contributed by atoms with van der Waals surface area (Å²) in [7, 11) is -11.6. The molecular formula is C19H25NO6S3. The summed E-state index contributed by atoms with van der Waals surface area (Å²) in [6.45, 7) is 3.64. The molecule has 7 nitrogen and oxygen atoms in total. The van der Waals surface area contributed by atoms with Gasteiger partial charge < -0.3 is 0 Å². The summed E-state index contributed by atoms with van der Waals surface area (Å²) < 4.78 is 71.6. The average Bonchev–Trinajstić information content (AvgIpc) is 2.61. The van der Waals surface area contributed by atoms with Crippen molar-refractivity contribution in [2.75, 3.05) is 12.0 Å². The van der Waals surface area contributed by atoms with Crippen LogP contribution in [0.2, 0.25) is 0 Å². The van der Waals surface area contributed by atoms with Crippen molar-refractivity contribution in [2.45, 2.75) is 42.6 Å². The molecule has 0 amide bonds. The molecule has 0 aliphatic rings. The summed E-state index contributed by atoms with van der Waals surface area (Å²) in [5.74, 6) is -0.358. The van der Waals surface area contributed by atoms with Gasteiger partial charge in [0.2, 0.25) is 0 Å². The van der Waals surface area contributed by atoms with E-state index in [9.17, 15) is 21.0 Å². The molecule has 0 saturated carbocycles. The van der Waals surface area contributed by atoms with Crippen LogP contribution in [0.1, 0.15) is 25.3 Å². The Labute approximate surface area is 173 Å². The largest absolute Gasteiger partial charge is 0.290 e. The van der Waals surface area contributed by atoms with E-state index in [4.69, 9.17) is 4.18 Å². The Morgan fingerprint density at radius 3 is 2.00 bits per heavy atom. The van der Waals surface area contributed by atoms with Gasteiger partial charge in [0.1, 0.15) is 0 Å². The minimum absolute atomic E-state index is 0.0807. The first-order chi connectivity index (χ1) is 13.5. The Kier molecular flexibility index (Phi) is 7.61. The second-order valence-corrected chi connectivity index (χ2v) is 12.4. The zero-order valence-electron chi connectivity index (χ0n) is 16.5. The van der Waals surface area contributed by atoms with Crippen molar-refractivity contribution in [1.82, 2.24) is 0 Å². The topological polar surface area (TPSA) is 107 Å². The molecule has 2 atom stereocenters. The third-order valence-electron chi connectivity index (χ3n) is 3.98. The summed E-state index contributed by atoms with van der Waals surface area (Å²) >= 11 is 0. The number of hydrogen-bond acceptors (Lipinski definition) is 6. The maximum atomic E-state index is 13.8. The van der Waals surface area contributed by atoms with Gasteiger partial charge in [0.15, 0.2) is 0 Å². The third kappa shape index (κ3) is 6.91. The number of nitrogens with zero attached hydrogens (tertiary/aromatic N) is 1. The van der Waals surface area contributed by atoms with Gasteiger partial charge in [-0.2, -0.15) is 16.8 Å². The van der Waals surface area contributed by atoms with Crippen molar-refractivity contribution in [1.29, 1.82) is 0 Å². The highest BCUT2D eigenvalue weighted by atomic mass is 32.3. The first kappa shape index (κ1) is 23.5. The van der Waals surface area contributed by atoms with Gasteiger partial charge in [-0.3, -0.25) is 4.18 Å². The highest BCUT2D eigenvalue weighted by molar-refractivity contribution is 8.03. The highest BCUT2D eigenvalue weighted by Gasteiger charge is 2.26. The van der Waals surface area contributed by atoms with Gasteiger partial charge in [-0.05, 0) is 37.6 Å². The lowest BCUT2D eigenvalue weighted by Gasteiger charge is -2.18. The van der Waals surface area contributed by atoms with E-state index in [0.29, 0.717) is 6.42 Å². The first-order valence-electron chi connectivity index (χ1n) is 8.96. The molecule has 0 aromatic heterocycles. The molecule has 0 N–H and O–H groups in total. The molecule has 10 heteroatoms. The van der Waals surface area contributed by atoms with Crippen LogP contribution >= 0.6 is 0 Å². The van der Waals surface area contributed by atoms with Crippen molar-refractivity contribution in [3.8, 4) is 0 Å². The van der Waals surface area contributed by atoms with Crippen molar-refractivity contribution in [2.24, 2.45) is 3.77 Å². The molecule has 0 bridgehead atoms. The van der Waals surface area contributed by atoms with Crippen LogP contribution in [0, 0.1) is 6.92 Å². The van der Waals surface area contributed by atoms with Gasteiger partial charge in [0, 0.05) is 4.90 Å². The molecule has 0 radical (unpaired) electrons. The molecule has 0 heterocycles. The smallest absolute Gasteiger partial charge is 0.266 e. The fourth-order valence-corrected chi connectivity index (χ4v) is 7.63. The highest BCUT2D eigenvalue weighted by Crippen LogP contribution is 2.23. The van der Waals surface area contributed by atoms with E-state index in [0.717, 1.165) is 11.8 Å². The van der Waals surface area contributed by atoms with Crippen LogP contribution in [0.3, 0.4) is 0 Å². The summed E-state index contributed by atoms with van der Waals surface area (Å²) in [6, 6.07) is 14.0. The fourth-order valence-electron chi connectivity index (χ4n) is 2.69. The molecule has 0 aliphatic heterocycles.